The number of aryl methyl sites for hydroxylation is 1. The van der Waals surface area contributed by atoms with Crippen molar-refractivity contribution >= 4 is 33.6 Å². The van der Waals surface area contributed by atoms with Crippen molar-refractivity contribution < 1.29 is 4.79 Å². The summed E-state index contributed by atoms with van der Waals surface area (Å²) in [6, 6.07) is 13.6. The number of halogens is 1. The minimum Gasteiger partial charge on any atom is -0.356 e. The van der Waals surface area contributed by atoms with Crippen molar-refractivity contribution in [2.75, 3.05) is 26.0 Å². The molecule has 0 aliphatic carbocycles. The summed E-state index contributed by atoms with van der Waals surface area (Å²) in [6.07, 6.45) is 0.331. The van der Waals surface area contributed by atoms with E-state index in [4.69, 9.17) is 0 Å². The Hall–Kier alpha value is -2.41. The average Bonchev–Trinajstić information content (AvgIpc) is 2.60. The first-order chi connectivity index (χ1) is 12.5. The zero-order valence-corrected chi connectivity index (χ0v) is 16.9. The van der Waals surface area contributed by atoms with Crippen molar-refractivity contribution in [1.82, 2.24) is 15.2 Å². The molecule has 1 aromatic heterocycles. The van der Waals surface area contributed by atoms with Crippen LogP contribution in [0.15, 0.2) is 51.9 Å². The summed E-state index contributed by atoms with van der Waals surface area (Å²) in [7, 11) is 3.70. The average molecular weight is 418 g/mol. The van der Waals surface area contributed by atoms with E-state index in [1.807, 2.05) is 49.2 Å². The number of benzene rings is 1. The molecule has 2 aromatic rings. The van der Waals surface area contributed by atoms with Gasteiger partial charge in [-0.05, 0) is 30.7 Å². The molecule has 6 nitrogen and oxygen atoms in total. The molecule has 0 aliphatic rings. The Morgan fingerprint density at radius 1 is 1.23 bits per heavy atom. The molecule has 0 spiro atoms. The van der Waals surface area contributed by atoms with Gasteiger partial charge in [0.05, 0.1) is 0 Å². The Kier molecular flexibility index (Phi) is 7.59. The Bertz CT molecular complexity index is 778. The van der Waals surface area contributed by atoms with E-state index in [1.54, 1.807) is 13.1 Å². The van der Waals surface area contributed by atoms with Crippen molar-refractivity contribution in [3.8, 4) is 0 Å². The maximum absolute atomic E-state index is 12.0. The van der Waals surface area contributed by atoms with Crippen LogP contribution < -0.4 is 10.6 Å². The molecule has 7 heteroatoms. The van der Waals surface area contributed by atoms with Gasteiger partial charge >= 0.3 is 0 Å². The third kappa shape index (κ3) is 6.15. The minimum absolute atomic E-state index is 0.0838. The lowest BCUT2D eigenvalue weighted by molar-refractivity contribution is -0.116. The summed E-state index contributed by atoms with van der Waals surface area (Å²) >= 11 is 3.56. The van der Waals surface area contributed by atoms with Gasteiger partial charge in [0.25, 0.3) is 0 Å². The summed E-state index contributed by atoms with van der Waals surface area (Å²) in [5.41, 5.74) is 2.04. The van der Waals surface area contributed by atoms with E-state index in [1.165, 1.54) is 5.56 Å². The molecule has 0 radical (unpaired) electrons. The SMILES string of the molecule is CN=C(NCCC(=O)Nc1cccc(C)n1)N(C)Cc1ccccc1Br. The maximum atomic E-state index is 12.0. The summed E-state index contributed by atoms with van der Waals surface area (Å²) in [4.78, 5) is 22.6. The van der Waals surface area contributed by atoms with Crippen LogP contribution in [-0.2, 0) is 11.3 Å². The van der Waals surface area contributed by atoms with Gasteiger partial charge in [-0.1, -0.05) is 40.2 Å². The largest absolute Gasteiger partial charge is 0.356 e. The van der Waals surface area contributed by atoms with E-state index < -0.39 is 0 Å². The van der Waals surface area contributed by atoms with Gasteiger partial charge in [-0.25, -0.2) is 4.98 Å². The van der Waals surface area contributed by atoms with Crippen LogP contribution in [0.4, 0.5) is 5.82 Å². The van der Waals surface area contributed by atoms with Gasteiger partial charge in [-0.15, -0.1) is 0 Å². The van der Waals surface area contributed by atoms with Gasteiger partial charge < -0.3 is 15.5 Å². The van der Waals surface area contributed by atoms with Crippen LogP contribution in [0.1, 0.15) is 17.7 Å². The molecule has 0 unspecified atom stereocenters. The zero-order chi connectivity index (χ0) is 18.9. The molecule has 0 aliphatic heterocycles. The van der Waals surface area contributed by atoms with Crippen molar-refractivity contribution in [3.05, 3.63) is 58.2 Å². The molecule has 2 N–H and O–H groups in total. The standard InChI is InChI=1S/C19H24BrN5O/c1-14-7-6-10-17(23-14)24-18(26)11-12-22-19(21-2)25(3)13-15-8-4-5-9-16(15)20/h4-10H,11-13H2,1-3H3,(H,21,22)(H,23,24,26). The monoisotopic (exact) mass is 417 g/mol. The Balaban J connectivity index is 1.81. The second-order valence-corrected chi connectivity index (χ2v) is 6.74. The number of nitrogens with one attached hydrogen (secondary N) is 2. The van der Waals surface area contributed by atoms with E-state index >= 15 is 0 Å². The molecule has 2 rings (SSSR count). The van der Waals surface area contributed by atoms with Crippen LogP contribution in [0, 0.1) is 6.92 Å². The lowest BCUT2D eigenvalue weighted by atomic mass is 10.2. The lowest BCUT2D eigenvalue weighted by Crippen LogP contribution is -2.39. The fourth-order valence-corrected chi connectivity index (χ4v) is 2.86. The van der Waals surface area contributed by atoms with E-state index in [9.17, 15) is 4.79 Å². The van der Waals surface area contributed by atoms with E-state index in [2.05, 4.69) is 42.6 Å². The van der Waals surface area contributed by atoms with Crippen LogP contribution in [-0.4, -0.2) is 42.4 Å². The van der Waals surface area contributed by atoms with E-state index in [0.29, 0.717) is 25.3 Å². The van der Waals surface area contributed by atoms with Crippen LogP contribution in [0.3, 0.4) is 0 Å². The van der Waals surface area contributed by atoms with E-state index in [0.717, 1.165) is 16.1 Å². The van der Waals surface area contributed by atoms with Gasteiger partial charge in [-0.3, -0.25) is 9.79 Å². The predicted octanol–water partition coefficient (Wildman–Crippen LogP) is 3.19. The number of carbonyl (C=O) groups is 1. The number of guanidine groups is 1. The molecule has 138 valence electrons. The van der Waals surface area contributed by atoms with Crippen LogP contribution in [0.5, 0.6) is 0 Å². The second-order valence-electron chi connectivity index (χ2n) is 5.88. The number of hydrogen-bond donors (Lipinski definition) is 2. The number of nitrogens with zero attached hydrogens (tertiary/aromatic N) is 3. The van der Waals surface area contributed by atoms with Crippen LogP contribution in [0.2, 0.25) is 0 Å². The molecule has 1 amide bonds. The Morgan fingerprint density at radius 2 is 2.00 bits per heavy atom. The van der Waals surface area contributed by atoms with Gasteiger partial charge in [0.15, 0.2) is 5.96 Å². The van der Waals surface area contributed by atoms with Crippen molar-refractivity contribution in [2.45, 2.75) is 19.9 Å². The molecule has 1 aromatic carbocycles. The zero-order valence-electron chi connectivity index (χ0n) is 15.3. The topological polar surface area (TPSA) is 69.6 Å². The third-order valence-corrected chi connectivity index (χ3v) is 4.50. The summed E-state index contributed by atoms with van der Waals surface area (Å²) in [5.74, 6) is 1.23. The molecular formula is C19H24BrN5O. The fraction of sp³-hybridized carbons (Fsp3) is 0.316. The number of pyridine rings is 1. The first kappa shape index (κ1) is 19.9. The second kappa shape index (κ2) is 9.91. The molecule has 0 saturated heterocycles. The molecule has 0 saturated carbocycles. The minimum atomic E-state index is -0.0838. The number of rotatable bonds is 6. The summed E-state index contributed by atoms with van der Waals surface area (Å²) in [5, 5.41) is 6.02. The Labute approximate surface area is 162 Å². The van der Waals surface area contributed by atoms with Gasteiger partial charge in [0.2, 0.25) is 5.91 Å². The number of anilines is 1. The number of carbonyl (C=O) groups excluding carboxylic acids is 1. The smallest absolute Gasteiger partial charge is 0.227 e. The third-order valence-electron chi connectivity index (χ3n) is 3.73. The van der Waals surface area contributed by atoms with Crippen molar-refractivity contribution in [3.63, 3.8) is 0 Å². The highest BCUT2D eigenvalue weighted by atomic mass is 79.9. The van der Waals surface area contributed by atoms with E-state index in [-0.39, 0.29) is 5.91 Å². The number of hydrogen-bond acceptors (Lipinski definition) is 3. The molecule has 26 heavy (non-hydrogen) atoms. The molecule has 1 heterocycles. The Morgan fingerprint density at radius 3 is 2.69 bits per heavy atom. The number of aromatic nitrogens is 1. The molecule has 0 fully saturated rings. The first-order valence-electron chi connectivity index (χ1n) is 8.38. The normalized spacial score (nSPS) is 11.2. The highest BCUT2D eigenvalue weighted by Gasteiger charge is 2.09. The van der Waals surface area contributed by atoms with Gasteiger partial charge in [0.1, 0.15) is 5.82 Å². The molecule has 0 atom stereocenters. The summed E-state index contributed by atoms with van der Waals surface area (Å²) in [6.45, 7) is 3.09. The van der Waals surface area contributed by atoms with Crippen molar-refractivity contribution in [1.29, 1.82) is 0 Å². The highest BCUT2D eigenvalue weighted by molar-refractivity contribution is 9.10. The molecular weight excluding hydrogens is 394 g/mol. The number of aliphatic imine (C=N–C) groups is 1. The van der Waals surface area contributed by atoms with Gasteiger partial charge in [0, 0.05) is 43.8 Å². The quantitative estimate of drug-likeness (QED) is 0.559. The fourth-order valence-electron chi connectivity index (χ4n) is 2.45. The molecule has 0 bridgehead atoms. The van der Waals surface area contributed by atoms with Crippen LogP contribution in [0.25, 0.3) is 0 Å². The highest BCUT2D eigenvalue weighted by Crippen LogP contribution is 2.17. The van der Waals surface area contributed by atoms with Crippen molar-refractivity contribution in [2.24, 2.45) is 4.99 Å². The lowest BCUT2D eigenvalue weighted by Gasteiger charge is -2.22. The predicted molar refractivity (Wildman–Crippen MR) is 109 cm³/mol. The van der Waals surface area contributed by atoms with Crippen LogP contribution >= 0.6 is 15.9 Å². The number of amides is 1. The summed E-state index contributed by atoms with van der Waals surface area (Å²) < 4.78 is 1.06. The maximum Gasteiger partial charge on any atom is 0.227 e. The van der Waals surface area contributed by atoms with Gasteiger partial charge in [-0.2, -0.15) is 0 Å². The first-order valence-corrected chi connectivity index (χ1v) is 9.17.